The molecular formula is C13H18N2O5. The van der Waals surface area contributed by atoms with E-state index in [0.29, 0.717) is 25.7 Å². The molecule has 0 radical (unpaired) electrons. The molecule has 0 heterocycles. The SMILES string of the molecule is CC(C)COCCNc1cccc(C(=O)O)c1[N+](=O)[O-]. The van der Waals surface area contributed by atoms with Crippen LogP contribution in [-0.2, 0) is 4.74 Å². The molecule has 0 saturated heterocycles. The Hall–Kier alpha value is -2.15. The Labute approximate surface area is 116 Å². The number of para-hydroxylation sites is 1. The van der Waals surface area contributed by atoms with Crippen LogP contribution < -0.4 is 5.32 Å². The van der Waals surface area contributed by atoms with Gasteiger partial charge in [-0.05, 0) is 18.1 Å². The van der Waals surface area contributed by atoms with Gasteiger partial charge in [0, 0.05) is 13.2 Å². The molecule has 7 heteroatoms. The van der Waals surface area contributed by atoms with Gasteiger partial charge in [-0.3, -0.25) is 10.1 Å². The number of nitro groups is 1. The molecule has 1 aromatic carbocycles. The lowest BCUT2D eigenvalue weighted by Crippen LogP contribution is -2.14. The number of benzene rings is 1. The molecular weight excluding hydrogens is 264 g/mol. The van der Waals surface area contributed by atoms with Crippen LogP contribution in [0, 0.1) is 16.0 Å². The Morgan fingerprint density at radius 3 is 2.75 bits per heavy atom. The maximum Gasteiger partial charge on any atom is 0.342 e. The highest BCUT2D eigenvalue weighted by atomic mass is 16.6. The zero-order valence-electron chi connectivity index (χ0n) is 11.5. The van der Waals surface area contributed by atoms with E-state index in [0.717, 1.165) is 0 Å². The van der Waals surface area contributed by atoms with Crippen molar-refractivity contribution in [1.82, 2.24) is 0 Å². The van der Waals surface area contributed by atoms with Crippen molar-refractivity contribution >= 4 is 17.3 Å². The number of hydrogen-bond acceptors (Lipinski definition) is 5. The summed E-state index contributed by atoms with van der Waals surface area (Å²) in [7, 11) is 0. The number of hydrogen-bond donors (Lipinski definition) is 2. The van der Waals surface area contributed by atoms with Crippen LogP contribution in [0.2, 0.25) is 0 Å². The molecule has 0 aliphatic heterocycles. The number of ether oxygens (including phenoxy) is 1. The first-order valence-electron chi connectivity index (χ1n) is 6.25. The van der Waals surface area contributed by atoms with Crippen LogP contribution in [-0.4, -0.2) is 35.8 Å². The van der Waals surface area contributed by atoms with Gasteiger partial charge in [-0.1, -0.05) is 19.9 Å². The molecule has 0 spiro atoms. The van der Waals surface area contributed by atoms with Gasteiger partial charge in [0.1, 0.15) is 11.3 Å². The average molecular weight is 282 g/mol. The van der Waals surface area contributed by atoms with Crippen LogP contribution in [0.3, 0.4) is 0 Å². The number of carboxylic acids is 1. The molecule has 0 aromatic heterocycles. The highest BCUT2D eigenvalue weighted by molar-refractivity contribution is 5.95. The third-order valence-corrected chi connectivity index (χ3v) is 2.46. The van der Waals surface area contributed by atoms with Crippen LogP contribution in [0.25, 0.3) is 0 Å². The van der Waals surface area contributed by atoms with E-state index < -0.39 is 16.6 Å². The van der Waals surface area contributed by atoms with Crippen molar-refractivity contribution in [3.05, 3.63) is 33.9 Å². The van der Waals surface area contributed by atoms with Crippen molar-refractivity contribution in [2.45, 2.75) is 13.8 Å². The molecule has 0 aliphatic rings. The third kappa shape index (κ3) is 4.51. The summed E-state index contributed by atoms with van der Waals surface area (Å²) in [6.45, 7) is 5.42. The first-order valence-corrected chi connectivity index (χ1v) is 6.25. The molecule has 1 rings (SSSR count). The Balaban J connectivity index is 2.72. The molecule has 1 aromatic rings. The van der Waals surface area contributed by atoms with Crippen LogP contribution in [0.15, 0.2) is 18.2 Å². The van der Waals surface area contributed by atoms with Gasteiger partial charge in [0.2, 0.25) is 0 Å². The molecule has 0 fully saturated rings. The lowest BCUT2D eigenvalue weighted by Gasteiger charge is -2.10. The molecule has 0 amide bonds. The minimum absolute atomic E-state index is 0.183. The number of nitrogens with zero attached hydrogens (tertiary/aromatic N) is 1. The van der Waals surface area contributed by atoms with Gasteiger partial charge in [-0.25, -0.2) is 4.79 Å². The van der Waals surface area contributed by atoms with Crippen molar-refractivity contribution in [3.8, 4) is 0 Å². The molecule has 110 valence electrons. The monoisotopic (exact) mass is 282 g/mol. The fourth-order valence-electron chi connectivity index (χ4n) is 1.63. The largest absolute Gasteiger partial charge is 0.477 e. The summed E-state index contributed by atoms with van der Waals surface area (Å²) in [6, 6.07) is 4.15. The molecule has 0 bridgehead atoms. The second-order valence-corrected chi connectivity index (χ2v) is 4.66. The number of nitro benzene ring substituents is 1. The van der Waals surface area contributed by atoms with E-state index in [9.17, 15) is 14.9 Å². The Morgan fingerprint density at radius 1 is 1.50 bits per heavy atom. The Morgan fingerprint density at radius 2 is 2.20 bits per heavy atom. The molecule has 2 N–H and O–H groups in total. The maximum atomic E-state index is 11.0. The van der Waals surface area contributed by atoms with Gasteiger partial charge in [0.05, 0.1) is 11.5 Å². The highest BCUT2D eigenvalue weighted by Crippen LogP contribution is 2.28. The molecule has 0 aliphatic carbocycles. The second-order valence-electron chi connectivity index (χ2n) is 4.66. The van der Waals surface area contributed by atoms with Crippen LogP contribution in [0.4, 0.5) is 11.4 Å². The normalized spacial score (nSPS) is 10.6. The summed E-state index contributed by atoms with van der Waals surface area (Å²) in [5.41, 5.74) is -0.574. The summed E-state index contributed by atoms with van der Waals surface area (Å²) >= 11 is 0. The van der Waals surface area contributed by atoms with E-state index in [-0.39, 0.29) is 11.3 Å². The molecule has 0 saturated carbocycles. The second kappa shape index (κ2) is 7.44. The Kier molecular flexibility index (Phi) is 5.92. The minimum Gasteiger partial charge on any atom is -0.477 e. The van der Waals surface area contributed by atoms with Gasteiger partial charge in [0.15, 0.2) is 0 Å². The van der Waals surface area contributed by atoms with Crippen molar-refractivity contribution in [1.29, 1.82) is 0 Å². The zero-order valence-corrected chi connectivity index (χ0v) is 11.5. The molecule has 20 heavy (non-hydrogen) atoms. The quantitative estimate of drug-likeness (QED) is 0.431. The average Bonchev–Trinajstić information content (AvgIpc) is 2.37. The van der Waals surface area contributed by atoms with Crippen molar-refractivity contribution in [2.75, 3.05) is 25.1 Å². The lowest BCUT2D eigenvalue weighted by molar-refractivity contribution is -0.384. The molecule has 7 nitrogen and oxygen atoms in total. The number of carbonyl (C=O) groups is 1. The summed E-state index contributed by atoms with van der Waals surface area (Å²) in [5, 5.41) is 22.8. The highest BCUT2D eigenvalue weighted by Gasteiger charge is 2.23. The van der Waals surface area contributed by atoms with E-state index in [4.69, 9.17) is 9.84 Å². The summed E-state index contributed by atoms with van der Waals surface area (Å²) in [5.74, 6) is -0.906. The van der Waals surface area contributed by atoms with Crippen molar-refractivity contribution in [3.63, 3.8) is 0 Å². The number of aromatic carboxylic acids is 1. The fourth-order valence-corrected chi connectivity index (χ4v) is 1.63. The van der Waals surface area contributed by atoms with E-state index in [1.54, 1.807) is 0 Å². The third-order valence-electron chi connectivity index (χ3n) is 2.46. The van der Waals surface area contributed by atoms with Crippen molar-refractivity contribution < 1.29 is 19.6 Å². The summed E-state index contributed by atoms with van der Waals surface area (Å²) in [6.07, 6.45) is 0. The van der Waals surface area contributed by atoms with Crippen molar-refractivity contribution in [2.24, 2.45) is 5.92 Å². The lowest BCUT2D eigenvalue weighted by atomic mass is 10.1. The smallest absolute Gasteiger partial charge is 0.342 e. The zero-order chi connectivity index (χ0) is 15.1. The summed E-state index contributed by atoms with van der Waals surface area (Å²) in [4.78, 5) is 21.3. The van der Waals surface area contributed by atoms with Crippen LogP contribution >= 0.6 is 0 Å². The van der Waals surface area contributed by atoms with Gasteiger partial charge >= 0.3 is 11.7 Å². The summed E-state index contributed by atoms with van der Waals surface area (Å²) < 4.78 is 5.35. The van der Waals surface area contributed by atoms with E-state index in [2.05, 4.69) is 5.32 Å². The molecule has 0 atom stereocenters. The number of nitrogens with one attached hydrogen (secondary N) is 1. The van der Waals surface area contributed by atoms with Gasteiger partial charge in [-0.15, -0.1) is 0 Å². The standard InChI is InChI=1S/C13H18N2O5/c1-9(2)8-20-7-6-14-11-5-3-4-10(13(16)17)12(11)15(18)19/h3-5,9,14H,6-8H2,1-2H3,(H,16,17). The maximum absolute atomic E-state index is 11.0. The Bertz CT molecular complexity index is 488. The van der Waals surface area contributed by atoms with Gasteiger partial charge in [0.25, 0.3) is 0 Å². The van der Waals surface area contributed by atoms with Gasteiger partial charge in [-0.2, -0.15) is 0 Å². The number of anilines is 1. The first kappa shape index (κ1) is 15.9. The predicted octanol–water partition coefficient (Wildman–Crippen LogP) is 2.38. The van der Waals surface area contributed by atoms with E-state index in [1.807, 2.05) is 13.8 Å². The van der Waals surface area contributed by atoms with E-state index >= 15 is 0 Å². The predicted molar refractivity (Wildman–Crippen MR) is 74.2 cm³/mol. The fraction of sp³-hybridized carbons (Fsp3) is 0.462. The first-order chi connectivity index (χ1) is 9.43. The van der Waals surface area contributed by atoms with Gasteiger partial charge < -0.3 is 15.2 Å². The minimum atomic E-state index is -1.32. The van der Waals surface area contributed by atoms with E-state index in [1.165, 1.54) is 18.2 Å². The van der Waals surface area contributed by atoms with Crippen LogP contribution in [0.5, 0.6) is 0 Å². The number of rotatable bonds is 8. The molecule has 0 unspecified atom stereocenters. The number of carboxylic acid groups (broad SMARTS) is 1. The van der Waals surface area contributed by atoms with Crippen LogP contribution in [0.1, 0.15) is 24.2 Å². The topological polar surface area (TPSA) is 102 Å².